The topological polar surface area (TPSA) is 17.8 Å². The van der Waals surface area contributed by atoms with Crippen molar-refractivity contribution in [3.05, 3.63) is 28.4 Å². The molecule has 86 valence electrons. The Morgan fingerprint density at radius 3 is 2.62 bits per heavy atom. The number of nitrogens with zero attached hydrogens (tertiary/aromatic N) is 2. The van der Waals surface area contributed by atoms with E-state index in [2.05, 4.69) is 50.8 Å². The maximum atomic E-state index is 4.59. The molecule has 1 saturated carbocycles. The first-order chi connectivity index (χ1) is 7.75. The molecule has 0 radical (unpaired) electrons. The maximum Gasteiger partial charge on any atom is 0.0699 e. The number of rotatable bonds is 1. The number of aryl methyl sites for hydroxylation is 1. The molecule has 0 N–H and O–H groups in total. The van der Waals surface area contributed by atoms with Crippen molar-refractivity contribution in [3.8, 4) is 0 Å². The zero-order valence-electron chi connectivity index (χ0n) is 10.00. The molecular formula is C13H17BrN2. The average Bonchev–Trinajstić information content (AvgIpc) is 3.08. The molecule has 0 spiro atoms. The van der Waals surface area contributed by atoms with E-state index < -0.39 is 0 Å². The van der Waals surface area contributed by atoms with Crippen molar-refractivity contribution in [2.75, 3.05) is 0 Å². The van der Waals surface area contributed by atoms with Gasteiger partial charge in [-0.05, 0) is 38.0 Å². The number of halogens is 1. The SMILES string of the molecule is CC.Cc1nn(C2CC2)c2cc(Br)ccc12. The van der Waals surface area contributed by atoms with Gasteiger partial charge in [-0.3, -0.25) is 4.68 Å². The van der Waals surface area contributed by atoms with Crippen LogP contribution >= 0.6 is 15.9 Å². The zero-order valence-corrected chi connectivity index (χ0v) is 11.6. The standard InChI is InChI=1S/C11H11BrN2.C2H6/c1-7-10-5-2-8(12)6-11(10)14(13-7)9-3-4-9;1-2/h2,5-6,9H,3-4H2,1H3;1-2H3. The molecule has 1 heterocycles. The highest BCUT2D eigenvalue weighted by Crippen LogP contribution is 2.37. The number of aromatic nitrogens is 2. The van der Waals surface area contributed by atoms with Gasteiger partial charge in [0.05, 0.1) is 17.3 Å². The molecule has 1 fully saturated rings. The Morgan fingerprint density at radius 1 is 1.31 bits per heavy atom. The van der Waals surface area contributed by atoms with Crippen LogP contribution in [0.1, 0.15) is 38.4 Å². The first kappa shape index (κ1) is 11.6. The minimum atomic E-state index is 0.653. The molecule has 3 heteroatoms. The largest absolute Gasteiger partial charge is 0.262 e. The quantitative estimate of drug-likeness (QED) is 0.754. The summed E-state index contributed by atoms with van der Waals surface area (Å²) < 4.78 is 3.31. The Kier molecular flexibility index (Phi) is 3.33. The number of fused-ring (bicyclic) bond motifs is 1. The fraction of sp³-hybridized carbons (Fsp3) is 0.462. The Morgan fingerprint density at radius 2 is 2.00 bits per heavy atom. The summed E-state index contributed by atoms with van der Waals surface area (Å²) in [5.41, 5.74) is 2.40. The molecule has 0 aliphatic heterocycles. The fourth-order valence-electron chi connectivity index (χ4n) is 1.87. The third-order valence-electron chi connectivity index (χ3n) is 2.75. The predicted molar refractivity (Wildman–Crippen MR) is 71.8 cm³/mol. The molecule has 0 unspecified atom stereocenters. The molecule has 3 rings (SSSR count). The second-order valence-electron chi connectivity index (χ2n) is 3.92. The summed E-state index contributed by atoms with van der Waals surface area (Å²) in [5.74, 6) is 0. The first-order valence-corrected chi connectivity index (χ1v) is 6.69. The normalized spacial score (nSPS) is 14.8. The highest BCUT2D eigenvalue weighted by atomic mass is 79.9. The van der Waals surface area contributed by atoms with E-state index in [0.29, 0.717) is 6.04 Å². The lowest BCUT2D eigenvalue weighted by atomic mass is 10.2. The Bertz CT molecular complexity index is 498. The van der Waals surface area contributed by atoms with Gasteiger partial charge in [-0.1, -0.05) is 29.8 Å². The van der Waals surface area contributed by atoms with Crippen LogP contribution < -0.4 is 0 Å². The Labute approximate surface area is 105 Å². The van der Waals surface area contributed by atoms with Crippen LogP contribution in [0.3, 0.4) is 0 Å². The van der Waals surface area contributed by atoms with Gasteiger partial charge in [0, 0.05) is 9.86 Å². The van der Waals surface area contributed by atoms with E-state index in [1.165, 1.54) is 23.7 Å². The van der Waals surface area contributed by atoms with Crippen LogP contribution in [0.5, 0.6) is 0 Å². The van der Waals surface area contributed by atoms with Crippen LogP contribution in [0.25, 0.3) is 10.9 Å². The summed E-state index contributed by atoms with van der Waals surface area (Å²) in [7, 11) is 0. The lowest BCUT2D eigenvalue weighted by Crippen LogP contribution is -1.95. The van der Waals surface area contributed by atoms with Crippen molar-refractivity contribution in [1.29, 1.82) is 0 Å². The van der Waals surface area contributed by atoms with E-state index in [9.17, 15) is 0 Å². The number of hydrogen-bond acceptors (Lipinski definition) is 1. The summed E-state index contributed by atoms with van der Waals surface area (Å²) in [6, 6.07) is 7.03. The molecule has 1 aromatic carbocycles. The molecule has 1 aliphatic carbocycles. The molecule has 0 saturated heterocycles. The lowest BCUT2D eigenvalue weighted by molar-refractivity contribution is 0.658. The highest BCUT2D eigenvalue weighted by molar-refractivity contribution is 9.10. The van der Waals surface area contributed by atoms with Crippen molar-refractivity contribution < 1.29 is 0 Å². The van der Waals surface area contributed by atoms with Gasteiger partial charge in [0.15, 0.2) is 0 Å². The van der Waals surface area contributed by atoms with Gasteiger partial charge in [0.2, 0.25) is 0 Å². The van der Waals surface area contributed by atoms with Gasteiger partial charge in [-0.2, -0.15) is 5.10 Å². The van der Waals surface area contributed by atoms with Crippen molar-refractivity contribution in [3.63, 3.8) is 0 Å². The summed E-state index contributed by atoms with van der Waals surface area (Å²) >= 11 is 3.50. The van der Waals surface area contributed by atoms with Crippen molar-refractivity contribution in [2.24, 2.45) is 0 Å². The van der Waals surface area contributed by atoms with Crippen LogP contribution in [0.2, 0.25) is 0 Å². The third-order valence-corrected chi connectivity index (χ3v) is 3.24. The smallest absolute Gasteiger partial charge is 0.0699 e. The second-order valence-corrected chi connectivity index (χ2v) is 4.84. The van der Waals surface area contributed by atoms with Crippen LogP contribution in [0, 0.1) is 6.92 Å². The molecule has 0 atom stereocenters. The van der Waals surface area contributed by atoms with Gasteiger partial charge in [-0.25, -0.2) is 0 Å². The summed E-state index contributed by atoms with van der Waals surface area (Å²) in [6.45, 7) is 6.08. The van der Waals surface area contributed by atoms with Gasteiger partial charge in [-0.15, -0.1) is 0 Å². The molecule has 1 aromatic heterocycles. The van der Waals surface area contributed by atoms with Gasteiger partial charge in [0.25, 0.3) is 0 Å². The average molecular weight is 281 g/mol. The lowest BCUT2D eigenvalue weighted by Gasteiger charge is -1.99. The van der Waals surface area contributed by atoms with Crippen molar-refractivity contribution >= 4 is 26.8 Å². The summed E-state index contributed by atoms with van der Waals surface area (Å²) in [5, 5.41) is 5.87. The molecule has 0 bridgehead atoms. The van der Waals surface area contributed by atoms with Gasteiger partial charge in [0.1, 0.15) is 0 Å². The van der Waals surface area contributed by atoms with Crippen molar-refractivity contribution in [1.82, 2.24) is 9.78 Å². The van der Waals surface area contributed by atoms with E-state index >= 15 is 0 Å². The zero-order chi connectivity index (χ0) is 11.7. The van der Waals surface area contributed by atoms with Crippen LogP contribution in [-0.2, 0) is 0 Å². The molecule has 0 amide bonds. The Balaban J connectivity index is 0.000000457. The molecular weight excluding hydrogens is 264 g/mol. The van der Waals surface area contributed by atoms with Gasteiger partial charge >= 0.3 is 0 Å². The van der Waals surface area contributed by atoms with E-state index in [1.807, 2.05) is 13.8 Å². The first-order valence-electron chi connectivity index (χ1n) is 5.90. The summed E-state index contributed by atoms with van der Waals surface area (Å²) in [6.07, 6.45) is 2.56. The second kappa shape index (κ2) is 4.58. The Hall–Kier alpha value is -0.830. The summed E-state index contributed by atoms with van der Waals surface area (Å²) in [4.78, 5) is 0. The number of hydrogen-bond donors (Lipinski definition) is 0. The van der Waals surface area contributed by atoms with E-state index in [1.54, 1.807) is 0 Å². The number of benzene rings is 1. The fourth-order valence-corrected chi connectivity index (χ4v) is 2.22. The minimum absolute atomic E-state index is 0.653. The van der Waals surface area contributed by atoms with Crippen LogP contribution in [0.15, 0.2) is 22.7 Å². The highest BCUT2D eigenvalue weighted by Gasteiger charge is 2.26. The van der Waals surface area contributed by atoms with Crippen LogP contribution in [0.4, 0.5) is 0 Å². The van der Waals surface area contributed by atoms with E-state index in [-0.39, 0.29) is 0 Å². The van der Waals surface area contributed by atoms with Gasteiger partial charge < -0.3 is 0 Å². The van der Waals surface area contributed by atoms with E-state index in [0.717, 1.165) is 10.2 Å². The predicted octanol–water partition coefficient (Wildman–Crippen LogP) is 4.47. The maximum absolute atomic E-state index is 4.59. The van der Waals surface area contributed by atoms with E-state index in [4.69, 9.17) is 0 Å². The van der Waals surface area contributed by atoms with Crippen LogP contribution in [-0.4, -0.2) is 9.78 Å². The van der Waals surface area contributed by atoms with Crippen molar-refractivity contribution in [2.45, 2.75) is 39.7 Å². The minimum Gasteiger partial charge on any atom is -0.262 e. The molecule has 2 aromatic rings. The third kappa shape index (κ3) is 2.01. The molecule has 2 nitrogen and oxygen atoms in total. The monoisotopic (exact) mass is 280 g/mol. The molecule has 1 aliphatic rings. The molecule has 16 heavy (non-hydrogen) atoms.